The van der Waals surface area contributed by atoms with Crippen molar-refractivity contribution in [3.63, 3.8) is 0 Å². The van der Waals surface area contributed by atoms with Crippen LogP contribution in [0, 0.1) is 11.3 Å². The normalized spacial score (nSPS) is 8.92. The van der Waals surface area contributed by atoms with Crippen LogP contribution in [-0.2, 0) is 0 Å². The Bertz CT molecular complexity index is 354. The summed E-state index contributed by atoms with van der Waals surface area (Å²) in [6, 6.07) is 6.87. The summed E-state index contributed by atoms with van der Waals surface area (Å²) in [5.74, 6) is 0.587. The zero-order valence-electron chi connectivity index (χ0n) is 6.96. The van der Waals surface area contributed by atoms with E-state index >= 15 is 0 Å². The minimum absolute atomic E-state index is 0.408. The molecule has 0 N–H and O–H groups in total. The van der Waals surface area contributed by atoms with E-state index in [1.54, 1.807) is 24.3 Å². The molecule has 0 heterocycles. The Hall–Kier alpha value is -1.46. The van der Waals surface area contributed by atoms with Crippen LogP contribution in [0.3, 0.4) is 0 Å². The lowest BCUT2D eigenvalue weighted by Crippen LogP contribution is -1.92. The first-order valence-corrected chi connectivity index (χ1v) is 4.08. The number of ether oxygens (including phenoxy) is 1. The van der Waals surface area contributed by atoms with Crippen LogP contribution in [0.2, 0.25) is 5.02 Å². The van der Waals surface area contributed by atoms with E-state index in [0.717, 1.165) is 0 Å². The smallest absolute Gasteiger partial charge is 0.122 e. The Balaban J connectivity index is 2.89. The van der Waals surface area contributed by atoms with Gasteiger partial charge < -0.3 is 4.74 Å². The third kappa shape index (κ3) is 2.81. The van der Waals surface area contributed by atoms with E-state index in [-0.39, 0.29) is 0 Å². The van der Waals surface area contributed by atoms with Crippen LogP contribution in [0.4, 0.5) is 0 Å². The van der Waals surface area contributed by atoms with Crippen LogP contribution in [-0.4, -0.2) is 6.61 Å². The highest BCUT2D eigenvalue weighted by Gasteiger charge is 1.98. The van der Waals surface area contributed by atoms with E-state index in [4.69, 9.17) is 21.6 Å². The van der Waals surface area contributed by atoms with Crippen molar-refractivity contribution in [1.82, 2.24) is 0 Å². The van der Waals surface area contributed by atoms with Gasteiger partial charge in [-0.3, -0.25) is 0 Å². The molecule has 0 amide bonds. The largest absolute Gasteiger partial charge is 0.489 e. The maximum atomic E-state index is 8.63. The van der Waals surface area contributed by atoms with E-state index in [1.807, 2.05) is 6.07 Å². The molecule has 1 aromatic carbocycles. The summed E-state index contributed by atoms with van der Waals surface area (Å²) in [4.78, 5) is 0. The Kier molecular flexibility index (Phi) is 3.36. The number of hydrogen-bond acceptors (Lipinski definition) is 2. The first-order chi connectivity index (χ1) is 6.26. The minimum atomic E-state index is 0.408. The van der Waals surface area contributed by atoms with Crippen molar-refractivity contribution in [3.8, 4) is 11.8 Å². The Labute approximate surface area is 82.0 Å². The summed E-state index contributed by atoms with van der Waals surface area (Å²) in [6.07, 6.45) is 1.63. The third-order valence-corrected chi connectivity index (χ3v) is 1.59. The predicted octanol–water partition coefficient (Wildman–Crippen LogP) is 2.78. The average molecular weight is 194 g/mol. The molecular formula is C10H8ClNO. The number of nitriles is 1. The van der Waals surface area contributed by atoms with Crippen molar-refractivity contribution in [1.29, 1.82) is 5.26 Å². The molecule has 66 valence electrons. The highest BCUT2D eigenvalue weighted by molar-refractivity contribution is 6.30. The van der Waals surface area contributed by atoms with E-state index in [0.29, 0.717) is 22.9 Å². The number of benzene rings is 1. The van der Waals surface area contributed by atoms with E-state index in [9.17, 15) is 0 Å². The highest BCUT2D eigenvalue weighted by Crippen LogP contribution is 2.20. The SMILES string of the molecule is C=CCOc1cc(Cl)cc(C#N)c1. The van der Waals surface area contributed by atoms with Crippen molar-refractivity contribution in [2.24, 2.45) is 0 Å². The molecule has 0 unspecified atom stereocenters. The Morgan fingerprint density at radius 2 is 2.31 bits per heavy atom. The molecule has 0 fully saturated rings. The van der Waals surface area contributed by atoms with Gasteiger partial charge in [-0.05, 0) is 18.2 Å². The molecule has 0 aliphatic rings. The fourth-order valence-corrected chi connectivity index (χ4v) is 1.09. The molecule has 2 nitrogen and oxygen atoms in total. The molecule has 13 heavy (non-hydrogen) atoms. The van der Waals surface area contributed by atoms with Crippen molar-refractivity contribution in [2.75, 3.05) is 6.61 Å². The molecule has 1 rings (SSSR count). The third-order valence-electron chi connectivity index (χ3n) is 1.37. The number of halogens is 1. The summed E-state index contributed by atoms with van der Waals surface area (Å²) in [5, 5.41) is 9.13. The zero-order chi connectivity index (χ0) is 9.68. The van der Waals surface area contributed by atoms with Crippen molar-refractivity contribution in [2.45, 2.75) is 0 Å². The molecule has 0 spiro atoms. The molecule has 0 aliphatic heterocycles. The van der Waals surface area contributed by atoms with Gasteiger partial charge in [0.15, 0.2) is 0 Å². The van der Waals surface area contributed by atoms with Gasteiger partial charge in [-0.2, -0.15) is 5.26 Å². The van der Waals surface area contributed by atoms with E-state index in [1.165, 1.54) is 0 Å². The summed E-state index contributed by atoms with van der Waals surface area (Å²) in [7, 11) is 0. The summed E-state index contributed by atoms with van der Waals surface area (Å²) >= 11 is 5.75. The molecular weight excluding hydrogens is 186 g/mol. The summed E-state index contributed by atoms with van der Waals surface area (Å²) in [6.45, 7) is 3.93. The van der Waals surface area contributed by atoms with Gasteiger partial charge in [-0.25, -0.2) is 0 Å². The molecule has 3 heteroatoms. The van der Waals surface area contributed by atoms with Crippen LogP contribution in [0.25, 0.3) is 0 Å². The summed E-state index contributed by atoms with van der Waals surface area (Å²) < 4.78 is 5.22. The van der Waals surface area contributed by atoms with Crippen LogP contribution >= 0.6 is 11.6 Å². The molecule has 0 saturated carbocycles. The Morgan fingerprint density at radius 1 is 1.54 bits per heavy atom. The molecule has 0 aliphatic carbocycles. The van der Waals surface area contributed by atoms with Crippen molar-refractivity contribution in [3.05, 3.63) is 41.4 Å². The summed E-state index contributed by atoms with van der Waals surface area (Å²) in [5.41, 5.74) is 0.492. The lowest BCUT2D eigenvalue weighted by atomic mass is 10.2. The molecule has 0 radical (unpaired) electrons. The monoisotopic (exact) mass is 193 g/mol. The second-order valence-electron chi connectivity index (χ2n) is 2.39. The first-order valence-electron chi connectivity index (χ1n) is 3.70. The fourth-order valence-electron chi connectivity index (χ4n) is 0.866. The number of nitrogens with zero attached hydrogens (tertiary/aromatic N) is 1. The second kappa shape index (κ2) is 4.54. The van der Waals surface area contributed by atoms with Gasteiger partial charge in [0.2, 0.25) is 0 Å². The van der Waals surface area contributed by atoms with Gasteiger partial charge in [-0.1, -0.05) is 24.3 Å². The van der Waals surface area contributed by atoms with Crippen LogP contribution in [0.1, 0.15) is 5.56 Å². The van der Waals surface area contributed by atoms with Crippen LogP contribution < -0.4 is 4.74 Å². The van der Waals surface area contributed by atoms with Crippen LogP contribution in [0.15, 0.2) is 30.9 Å². The van der Waals surface area contributed by atoms with Gasteiger partial charge in [0.25, 0.3) is 0 Å². The predicted molar refractivity (Wildman–Crippen MR) is 51.9 cm³/mol. The van der Waals surface area contributed by atoms with Gasteiger partial charge >= 0.3 is 0 Å². The molecule has 0 saturated heterocycles. The lowest BCUT2D eigenvalue weighted by Gasteiger charge is -2.03. The van der Waals surface area contributed by atoms with Gasteiger partial charge in [0, 0.05) is 5.02 Å². The first kappa shape index (κ1) is 9.63. The van der Waals surface area contributed by atoms with Crippen LogP contribution in [0.5, 0.6) is 5.75 Å². The van der Waals surface area contributed by atoms with Crippen molar-refractivity contribution < 1.29 is 4.74 Å². The fraction of sp³-hybridized carbons (Fsp3) is 0.100. The topological polar surface area (TPSA) is 33.0 Å². The lowest BCUT2D eigenvalue weighted by molar-refractivity contribution is 0.363. The minimum Gasteiger partial charge on any atom is -0.489 e. The zero-order valence-corrected chi connectivity index (χ0v) is 7.71. The van der Waals surface area contributed by atoms with E-state index in [2.05, 4.69) is 6.58 Å². The quantitative estimate of drug-likeness (QED) is 0.692. The number of rotatable bonds is 3. The maximum Gasteiger partial charge on any atom is 0.122 e. The van der Waals surface area contributed by atoms with Gasteiger partial charge in [0.05, 0.1) is 11.6 Å². The highest BCUT2D eigenvalue weighted by atomic mass is 35.5. The van der Waals surface area contributed by atoms with Gasteiger partial charge in [-0.15, -0.1) is 0 Å². The second-order valence-corrected chi connectivity index (χ2v) is 2.82. The van der Waals surface area contributed by atoms with Gasteiger partial charge in [0.1, 0.15) is 12.4 Å². The number of hydrogen-bond donors (Lipinski definition) is 0. The molecule has 0 aromatic heterocycles. The standard InChI is InChI=1S/C10H8ClNO/c1-2-3-13-10-5-8(7-12)4-9(11)6-10/h2,4-6H,1,3H2. The molecule has 0 bridgehead atoms. The average Bonchev–Trinajstić information content (AvgIpc) is 2.14. The Morgan fingerprint density at radius 3 is 2.92 bits per heavy atom. The maximum absolute atomic E-state index is 8.63. The van der Waals surface area contributed by atoms with E-state index < -0.39 is 0 Å². The molecule has 0 atom stereocenters. The van der Waals surface area contributed by atoms with Crippen molar-refractivity contribution >= 4 is 11.6 Å². The molecule has 1 aromatic rings.